The Morgan fingerprint density at radius 3 is 2.46 bits per heavy atom. The maximum Gasteiger partial charge on any atom is 0.338 e. The Labute approximate surface area is 169 Å². The van der Waals surface area contributed by atoms with E-state index in [1.807, 2.05) is 31.1 Å². The van der Waals surface area contributed by atoms with Crippen molar-refractivity contribution in [2.45, 2.75) is 58.7 Å². The summed E-state index contributed by atoms with van der Waals surface area (Å²) >= 11 is 1.58. The van der Waals surface area contributed by atoms with Crippen LogP contribution in [0.4, 0.5) is 0 Å². The Bertz CT molecular complexity index is 808. The summed E-state index contributed by atoms with van der Waals surface area (Å²) < 4.78 is 10.9. The molecular formula is C21H26N2O4S. The lowest BCUT2D eigenvalue weighted by molar-refractivity contribution is -0.140. The molecule has 0 N–H and O–H groups in total. The number of esters is 1. The molecule has 0 aliphatic carbocycles. The van der Waals surface area contributed by atoms with Crippen LogP contribution in [-0.2, 0) is 16.1 Å². The number of nitrogens with zero attached hydrogens (tertiary/aromatic N) is 2. The van der Waals surface area contributed by atoms with Crippen LogP contribution in [-0.4, -0.2) is 40.5 Å². The summed E-state index contributed by atoms with van der Waals surface area (Å²) in [6, 6.07) is 7.08. The highest BCUT2D eigenvalue weighted by atomic mass is 32.1. The molecular weight excluding hydrogens is 376 g/mol. The van der Waals surface area contributed by atoms with Gasteiger partial charge in [-0.1, -0.05) is 0 Å². The summed E-state index contributed by atoms with van der Waals surface area (Å²) in [4.78, 5) is 30.9. The third-order valence-corrected chi connectivity index (χ3v) is 5.77. The minimum absolute atomic E-state index is 0.133. The second-order valence-corrected chi connectivity index (χ2v) is 8.24. The van der Waals surface area contributed by atoms with Crippen LogP contribution in [0.1, 0.15) is 54.2 Å². The summed E-state index contributed by atoms with van der Waals surface area (Å²) in [6.45, 7) is 6.19. The SMILES string of the molecule is Cc1nc(COc2ccc(C(=O)OCC(=O)N3[C@H](C)CCC[C@H]3C)cc2)cs1. The van der Waals surface area contributed by atoms with E-state index >= 15 is 0 Å². The Hall–Kier alpha value is -2.41. The number of hydrogen-bond donors (Lipinski definition) is 0. The van der Waals surface area contributed by atoms with Gasteiger partial charge in [-0.25, -0.2) is 9.78 Å². The molecule has 0 spiro atoms. The molecule has 1 aromatic carbocycles. The Morgan fingerprint density at radius 2 is 1.86 bits per heavy atom. The lowest BCUT2D eigenvalue weighted by Crippen LogP contribution is -2.49. The molecule has 0 saturated carbocycles. The van der Waals surface area contributed by atoms with Gasteiger partial charge in [0.1, 0.15) is 12.4 Å². The molecule has 0 radical (unpaired) electrons. The first-order valence-electron chi connectivity index (χ1n) is 9.56. The van der Waals surface area contributed by atoms with Crippen LogP contribution in [0.25, 0.3) is 0 Å². The van der Waals surface area contributed by atoms with Crippen molar-refractivity contribution < 1.29 is 19.1 Å². The third-order valence-electron chi connectivity index (χ3n) is 4.95. The van der Waals surface area contributed by atoms with Crippen LogP contribution >= 0.6 is 11.3 Å². The standard InChI is InChI=1S/C21H26N2O4S/c1-14-5-4-6-15(2)23(14)20(24)12-27-21(25)17-7-9-19(10-8-17)26-11-18-13-28-16(3)22-18/h7-10,13-15H,4-6,11-12H2,1-3H3/t14-,15-/m1/s1. The normalized spacial score (nSPS) is 19.3. The molecule has 3 rings (SSSR count). The van der Waals surface area contributed by atoms with E-state index in [4.69, 9.17) is 9.47 Å². The number of benzene rings is 1. The predicted molar refractivity (Wildman–Crippen MR) is 108 cm³/mol. The summed E-state index contributed by atoms with van der Waals surface area (Å²) in [5.41, 5.74) is 1.27. The molecule has 150 valence electrons. The number of aromatic nitrogens is 1. The summed E-state index contributed by atoms with van der Waals surface area (Å²) in [5.74, 6) is 0.00754. The highest BCUT2D eigenvalue weighted by molar-refractivity contribution is 7.09. The molecule has 2 atom stereocenters. The van der Waals surface area contributed by atoms with E-state index in [1.54, 1.807) is 35.6 Å². The fourth-order valence-electron chi connectivity index (χ4n) is 3.52. The van der Waals surface area contributed by atoms with Gasteiger partial charge in [-0.05, 0) is 64.3 Å². The summed E-state index contributed by atoms with van der Waals surface area (Å²) in [5, 5.41) is 2.96. The third kappa shape index (κ3) is 5.10. The van der Waals surface area contributed by atoms with Crippen LogP contribution in [0, 0.1) is 6.92 Å². The van der Waals surface area contributed by atoms with Crippen LogP contribution < -0.4 is 4.74 Å². The fraction of sp³-hybridized carbons (Fsp3) is 0.476. The van der Waals surface area contributed by atoms with Crippen LogP contribution in [0.15, 0.2) is 29.6 Å². The maximum absolute atomic E-state index is 12.5. The van der Waals surface area contributed by atoms with Crippen molar-refractivity contribution in [3.63, 3.8) is 0 Å². The van der Waals surface area contributed by atoms with E-state index in [9.17, 15) is 9.59 Å². The maximum atomic E-state index is 12.5. The van der Waals surface area contributed by atoms with Crippen molar-refractivity contribution >= 4 is 23.2 Å². The van der Waals surface area contributed by atoms with E-state index in [2.05, 4.69) is 4.98 Å². The quantitative estimate of drug-likeness (QED) is 0.684. The van der Waals surface area contributed by atoms with E-state index in [0.717, 1.165) is 30.0 Å². The number of carbonyl (C=O) groups excluding carboxylic acids is 2. The van der Waals surface area contributed by atoms with Gasteiger partial charge < -0.3 is 14.4 Å². The molecule has 1 fully saturated rings. The first-order valence-corrected chi connectivity index (χ1v) is 10.4. The Balaban J connectivity index is 1.49. The van der Waals surface area contributed by atoms with E-state index < -0.39 is 5.97 Å². The monoisotopic (exact) mass is 402 g/mol. The second kappa shape index (κ2) is 9.19. The summed E-state index contributed by atoms with van der Waals surface area (Å²) in [6.07, 6.45) is 3.11. The number of hydrogen-bond acceptors (Lipinski definition) is 6. The van der Waals surface area contributed by atoms with Gasteiger partial charge in [0, 0.05) is 17.5 Å². The highest BCUT2D eigenvalue weighted by Crippen LogP contribution is 2.22. The van der Waals surface area contributed by atoms with Gasteiger partial charge in [-0.15, -0.1) is 11.3 Å². The molecule has 1 aliphatic heterocycles. The molecule has 1 aromatic heterocycles. The van der Waals surface area contributed by atoms with Crippen molar-refractivity contribution in [2.24, 2.45) is 0 Å². The zero-order chi connectivity index (χ0) is 20.1. The number of aryl methyl sites for hydroxylation is 1. The predicted octanol–water partition coefficient (Wildman–Crippen LogP) is 3.98. The van der Waals surface area contributed by atoms with Gasteiger partial charge in [-0.3, -0.25) is 4.79 Å². The van der Waals surface area contributed by atoms with Crippen molar-refractivity contribution in [1.82, 2.24) is 9.88 Å². The van der Waals surface area contributed by atoms with Gasteiger partial charge in [0.15, 0.2) is 6.61 Å². The number of piperidine rings is 1. The van der Waals surface area contributed by atoms with Gasteiger partial charge in [-0.2, -0.15) is 0 Å². The smallest absolute Gasteiger partial charge is 0.338 e. The second-order valence-electron chi connectivity index (χ2n) is 7.18. The number of amides is 1. The molecule has 1 saturated heterocycles. The van der Waals surface area contributed by atoms with Crippen LogP contribution in [0.5, 0.6) is 5.75 Å². The van der Waals surface area contributed by atoms with Crippen LogP contribution in [0.2, 0.25) is 0 Å². The number of carbonyl (C=O) groups is 2. The topological polar surface area (TPSA) is 68.7 Å². The first-order chi connectivity index (χ1) is 13.4. The number of likely N-dealkylation sites (tertiary alicyclic amines) is 1. The zero-order valence-corrected chi connectivity index (χ0v) is 17.3. The average molecular weight is 403 g/mol. The lowest BCUT2D eigenvalue weighted by atomic mass is 9.97. The minimum Gasteiger partial charge on any atom is -0.487 e. The van der Waals surface area contributed by atoms with E-state index in [-0.39, 0.29) is 24.6 Å². The number of ether oxygens (including phenoxy) is 2. The van der Waals surface area contributed by atoms with E-state index in [0.29, 0.717) is 17.9 Å². The van der Waals surface area contributed by atoms with Gasteiger partial charge in [0.2, 0.25) is 0 Å². The van der Waals surface area contributed by atoms with Gasteiger partial charge >= 0.3 is 5.97 Å². The van der Waals surface area contributed by atoms with Crippen molar-refractivity contribution in [2.75, 3.05) is 6.61 Å². The Morgan fingerprint density at radius 1 is 1.18 bits per heavy atom. The summed E-state index contributed by atoms with van der Waals surface area (Å²) in [7, 11) is 0. The largest absolute Gasteiger partial charge is 0.487 e. The Kier molecular flexibility index (Phi) is 6.67. The fourth-order valence-corrected chi connectivity index (χ4v) is 4.11. The molecule has 0 unspecified atom stereocenters. The van der Waals surface area contributed by atoms with Gasteiger partial charge in [0.05, 0.1) is 16.3 Å². The van der Waals surface area contributed by atoms with Crippen molar-refractivity contribution in [3.8, 4) is 5.75 Å². The molecule has 6 nitrogen and oxygen atoms in total. The van der Waals surface area contributed by atoms with E-state index in [1.165, 1.54) is 0 Å². The highest BCUT2D eigenvalue weighted by Gasteiger charge is 2.29. The number of rotatable bonds is 6. The van der Waals surface area contributed by atoms with Gasteiger partial charge in [0.25, 0.3) is 5.91 Å². The first kappa shape index (κ1) is 20.3. The lowest BCUT2D eigenvalue weighted by Gasteiger charge is -2.38. The molecule has 28 heavy (non-hydrogen) atoms. The molecule has 1 amide bonds. The molecule has 1 aliphatic rings. The zero-order valence-electron chi connectivity index (χ0n) is 16.5. The minimum atomic E-state index is -0.507. The van der Waals surface area contributed by atoms with Crippen LogP contribution in [0.3, 0.4) is 0 Å². The average Bonchev–Trinajstić information content (AvgIpc) is 3.10. The number of thiazole rings is 1. The molecule has 2 aromatic rings. The molecule has 2 heterocycles. The van der Waals surface area contributed by atoms with Crippen molar-refractivity contribution in [3.05, 3.63) is 45.9 Å². The molecule has 0 bridgehead atoms. The van der Waals surface area contributed by atoms with Crippen molar-refractivity contribution in [1.29, 1.82) is 0 Å². The molecule has 7 heteroatoms.